The zero-order valence-corrected chi connectivity index (χ0v) is 13.3. The summed E-state index contributed by atoms with van der Waals surface area (Å²) in [4.78, 5) is 7.01. The lowest BCUT2D eigenvalue weighted by Gasteiger charge is -2.24. The van der Waals surface area contributed by atoms with Gasteiger partial charge in [0.25, 0.3) is 0 Å². The second-order valence-electron chi connectivity index (χ2n) is 6.25. The number of aromatic nitrogens is 1. The van der Waals surface area contributed by atoms with E-state index in [1.54, 1.807) is 0 Å². The number of likely N-dealkylation sites (tertiary alicyclic amines) is 1. The standard InChI is InChI=1S/C17H29N3/c1-14-10-15(2)18-11-17(14)12-19-16(3)13-20-8-6-4-5-7-9-20/h10-11,16,19H,4-9,12-13H2,1-3H3/t16-/m0/s1. The maximum absolute atomic E-state index is 4.40. The first-order chi connectivity index (χ1) is 9.65. The number of hydrogen-bond donors (Lipinski definition) is 1. The molecule has 0 saturated carbocycles. The summed E-state index contributed by atoms with van der Waals surface area (Å²) < 4.78 is 0. The molecule has 0 radical (unpaired) electrons. The van der Waals surface area contributed by atoms with Crippen molar-refractivity contribution in [1.82, 2.24) is 15.2 Å². The number of pyridine rings is 1. The maximum atomic E-state index is 4.40. The molecule has 0 unspecified atom stereocenters. The molecule has 0 aromatic carbocycles. The van der Waals surface area contributed by atoms with Gasteiger partial charge in [0, 0.05) is 31.0 Å². The average Bonchev–Trinajstić information content (AvgIpc) is 2.66. The lowest BCUT2D eigenvalue weighted by atomic mass is 10.1. The van der Waals surface area contributed by atoms with Crippen LogP contribution in [0.5, 0.6) is 0 Å². The fourth-order valence-corrected chi connectivity index (χ4v) is 2.96. The summed E-state index contributed by atoms with van der Waals surface area (Å²) in [7, 11) is 0. The van der Waals surface area contributed by atoms with Crippen molar-refractivity contribution in [2.24, 2.45) is 0 Å². The number of nitrogens with zero attached hydrogens (tertiary/aromatic N) is 2. The molecule has 3 heteroatoms. The second kappa shape index (κ2) is 7.75. The van der Waals surface area contributed by atoms with Crippen LogP contribution in [0.4, 0.5) is 0 Å². The molecule has 112 valence electrons. The minimum Gasteiger partial charge on any atom is -0.309 e. The number of rotatable bonds is 5. The van der Waals surface area contributed by atoms with Crippen LogP contribution in [0, 0.1) is 13.8 Å². The molecular weight excluding hydrogens is 246 g/mol. The normalized spacial score (nSPS) is 18.8. The van der Waals surface area contributed by atoms with Crippen LogP contribution >= 0.6 is 0 Å². The molecule has 0 aliphatic carbocycles. The highest BCUT2D eigenvalue weighted by Crippen LogP contribution is 2.11. The minimum absolute atomic E-state index is 0.536. The smallest absolute Gasteiger partial charge is 0.0375 e. The van der Waals surface area contributed by atoms with Gasteiger partial charge in [0.2, 0.25) is 0 Å². The summed E-state index contributed by atoms with van der Waals surface area (Å²) in [6, 6.07) is 2.70. The van der Waals surface area contributed by atoms with E-state index < -0.39 is 0 Å². The van der Waals surface area contributed by atoms with Crippen molar-refractivity contribution in [2.75, 3.05) is 19.6 Å². The van der Waals surface area contributed by atoms with E-state index in [0.29, 0.717) is 6.04 Å². The molecule has 0 bridgehead atoms. The lowest BCUT2D eigenvalue weighted by Crippen LogP contribution is -2.39. The highest BCUT2D eigenvalue weighted by molar-refractivity contribution is 5.24. The van der Waals surface area contributed by atoms with Crippen molar-refractivity contribution in [3.63, 3.8) is 0 Å². The first-order valence-corrected chi connectivity index (χ1v) is 8.03. The van der Waals surface area contributed by atoms with Gasteiger partial charge in [-0.1, -0.05) is 12.8 Å². The van der Waals surface area contributed by atoms with Crippen molar-refractivity contribution >= 4 is 0 Å². The number of nitrogens with one attached hydrogen (secondary N) is 1. The van der Waals surface area contributed by atoms with E-state index in [1.165, 1.54) is 56.4 Å². The van der Waals surface area contributed by atoms with Crippen LogP contribution in [-0.4, -0.2) is 35.6 Å². The van der Waals surface area contributed by atoms with E-state index in [-0.39, 0.29) is 0 Å². The Morgan fingerprint density at radius 3 is 2.55 bits per heavy atom. The van der Waals surface area contributed by atoms with E-state index in [2.05, 4.69) is 35.1 Å². The fourth-order valence-electron chi connectivity index (χ4n) is 2.96. The molecule has 20 heavy (non-hydrogen) atoms. The van der Waals surface area contributed by atoms with Gasteiger partial charge < -0.3 is 10.2 Å². The molecule has 1 saturated heterocycles. The van der Waals surface area contributed by atoms with E-state index >= 15 is 0 Å². The molecular formula is C17H29N3. The third-order valence-corrected chi connectivity index (χ3v) is 4.23. The quantitative estimate of drug-likeness (QED) is 0.895. The molecule has 1 aromatic heterocycles. The summed E-state index contributed by atoms with van der Waals surface area (Å²) in [5.41, 5.74) is 3.76. The van der Waals surface area contributed by atoms with Crippen LogP contribution in [0.3, 0.4) is 0 Å². The molecule has 3 nitrogen and oxygen atoms in total. The Morgan fingerprint density at radius 2 is 1.90 bits per heavy atom. The van der Waals surface area contributed by atoms with Gasteiger partial charge in [-0.15, -0.1) is 0 Å². The molecule has 0 spiro atoms. The van der Waals surface area contributed by atoms with Gasteiger partial charge in [0.15, 0.2) is 0 Å². The predicted molar refractivity (Wildman–Crippen MR) is 84.9 cm³/mol. The second-order valence-corrected chi connectivity index (χ2v) is 6.25. The Hall–Kier alpha value is -0.930. The fraction of sp³-hybridized carbons (Fsp3) is 0.706. The van der Waals surface area contributed by atoms with Crippen LogP contribution in [0.2, 0.25) is 0 Å². The van der Waals surface area contributed by atoms with E-state index in [4.69, 9.17) is 0 Å². The first-order valence-electron chi connectivity index (χ1n) is 8.03. The molecule has 1 aliphatic rings. The maximum Gasteiger partial charge on any atom is 0.0375 e. The highest BCUT2D eigenvalue weighted by Gasteiger charge is 2.12. The van der Waals surface area contributed by atoms with Crippen LogP contribution in [0.15, 0.2) is 12.3 Å². The van der Waals surface area contributed by atoms with Crippen molar-refractivity contribution in [2.45, 2.75) is 59.0 Å². The SMILES string of the molecule is Cc1cc(C)c(CN[C@@H](C)CN2CCCCCC2)cn1. The third-order valence-electron chi connectivity index (χ3n) is 4.23. The zero-order valence-electron chi connectivity index (χ0n) is 13.3. The van der Waals surface area contributed by atoms with Crippen LogP contribution in [-0.2, 0) is 6.54 Å². The van der Waals surface area contributed by atoms with Gasteiger partial charge in [-0.2, -0.15) is 0 Å². The first kappa shape index (κ1) is 15.5. The average molecular weight is 275 g/mol. The molecule has 1 atom stereocenters. The van der Waals surface area contributed by atoms with Crippen molar-refractivity contribution in [3.05, 3.63) is 29.1 Å². The van der Waals surface area contributed by atoms with Gasteiger partial charge in [0.1, 0.15) is 0 Å². The van der Waals surface area contributed by atoms with Gasteiger partial charge >= 0.3 is 0 Å². The van der Waals surface area contributed by atoms with Gasteiger partial charge in [-0.25, -0.2) is 0 Å². The largest absolute Gasteiger partial charge is 0.309 e. The molecule has 0 amide bonds. The molecule has 2 heterocycles. The van der Waals surface area contributed by atoms with Crippen molar-refractivity contribution in [3.8, 4) is 0 Å². The van der Waals surface area contributed by atoms with Crippen molar-refractivity contribution < 1.29 is 0 Å². The monoisotopic (exact) mass is 275 g/mol. The zero-order chi connectivity index (χ0) is 14.4. The Balaban J connectivity index is 1.77. The summed E-state index contributed by atoms with van der Waals surface area (Å²) in [6.07, 6.45) is 7.57. The summed E-state index contributed by atoms with van der Waals surface area (Å²) in [6.45, 7) is 11.2. The van der Waals surface area contributed by atoms with Crippen molar-refractivity contribution in [1.29, 1.82) is 0 Å². The third kappa shape index (κ3) is 4.88. The summed E-state index contributed by atoms with van der Waals surface area (Å²) in [5, 5.41) is 3.65. The van der Waals surface area contributed by atoms with Gasteiger partial charge in [0.05, 0.1) is 0 Å². The molecule has 2 rings (SSSR count). The molecule has 1 aliphatic heterocycles. The van der Waals surface area contributed by atoms with Gasteiger partial charge in [-0.05, 0) is 63.9 Å². The predicted octanol–water partition coefficient (Wildman–Crippen LogP) is 3.05. The van der Waals surface area contributed by atoms with Crippen LogP contribution in [0.1, 0.15) is 49.4 Å². The summed E-state index contributed by atoms with van der Waals surface area (Å²) in [5.74, 6) is 0. The topological polar surface area (TPSA) is 28.2 Å². The highest BCUT2D eigenvalue weighted by atomic mass is 15.1. The summed E-state index contributed by atoms with van der Waals surface area (Å²) >= 11 is 0. The van der Waals surface area contributed by atoms with E-state index in [1.807, 2.05) is 13.1 Å². The van der Waals surface area contributed by atoms with E-state index in [9.17, 15) is 0 Å². The lowest BCUT2D eigenvalue weighted by molar-refractivity contribution is 0.255. The molecule has 1 N–H and O–H groups in total. The Kier molecular flexibility index (Phi) is 5.99. The minimum atomic E-state index is 0.536. The molecule has 1 fully saturated rings. The number of aryl methyl sites for hydroxylation is 2. The van der Waals surface area contributed by atoms with E-state index in [0.717, 1.165) is 12.2 Å². The molecule has 1 aromatic rings. The van der Waals surface area contributed by atoms with Gasteiger partial charge in [-0.3, -0.25) is 4.98 Å². The van der Waals surface area contributed by atoms with Crippen LogP contribution in [0.25, 0.3) is 0 Å². The van der Waals surface area contributed by atoms with Crippen LogP contribution < -0.4 is 5.32 Å². The Bertz CT molecular complexity index is 409. The Labute approximate surface area is 123 Å². The Morgan fingerprint density at radius 1 is 1.20 bits per heavy atom. The number of hydrogen-bond acceptors (Lipinski definition) is 3.